The van der Waals surface area contributed by atoms with E-state index >= 15 is 0 Å². The molecular formula is C20H36N6O. The van der Waals surface area contributed by atoms with E-state index in [0.717, 1.165) is 71.6 Å². The maximum absolute atomic E-state index is 12.7. The molecule has 0 aromatic carbocycles. The van der Waals surface area contributed by atoms with Crippen LogP contribution < -0.4 is 5.32 Å². The summed E-state index contributed by atoms with van der Waals surface area (Å²) in [5.41, 5.74) is 0. The van der Waals surface area contributed by atoms with Gasteiger partial charge in [-0.05, 0) is 45.6 Å². The van der Waals surface area contributed by atoms with E-state index in [4.69, 9.17) is 0 Å². The lowest BCUT2D eigenvalue weighted by Crippen LogP contribution is -2.52. The summed E-state index contributed by atoms with van der Waals surface area (Å²) in [6, 6.07) is 3.02. The van der Waals surface area contributed by atoms with Gasteiger partial charge in [-0.3, -0.25) is 14.5 Å². The number of amides is 2. The Morgan fingerprint density at radius 2 is 1.96 bits per heavy atom. The highest BCUT2D eigenvalue weighted by Crippen LogP contribution is 2.20. The molecule has 2 aliphatic rings. The summed E-state index contributed by atoms with van der Waals surface area (Å²) < 4.78 is 1.96. The number of nitrogens with one attached hydrogen (secondary N) is 1. The predicted molar refractivity (Wildman–Crippen MR) is 108 cm³/mol. The summed E-state index contributed by atoms with van der Waals surface area (Å²) in [5.74, 6) is 0. The molecule has 27 heavy (non-hydrogen) atoms. The molecule has 3 heterocycles. The Morgan fingerprint density at radius 1 is 1.15 bits per heavy atom. The largest absolute Gasteiger partial charge is 0.337 e. The number of likely N-dealkylation sites (tertiary alicyclic amines) is 1. The van der Waals surface area contributed by atoms with E-state index in [2.05, 4.69) is 39.0 Å². The van der Waals surface area contributed by atoms with Crippen molar-refractivity contribution in [3.05, 3.63) is 18.5 Å². The van der Waals surface area contributed by atoms with Gasteiger partial charge in [0.2, 0.25) is 0 Å². The predicted octanol–water partition coefficient (Wildman–Crippen LogP) is 1.86. The van der Waals surface area contributed by atoms with Crippen LogP contribution in [0.15, 0.2) is 18.5 Å². The van der Waals surface area contributed by atoms with Crippen LogP contribution >= 0.6 is 0 Å². The van der Waals surface area contributed by atoms with Gasteiger partial charge in [-0.15, -0.1) is 0 Å². The normalized spacial score (nSPS) is 22.3. The second-order valence-electron chi connectivity index (χ2n) is 8.10. The summed E-state index contributed by atoms with van der Waals surface area (Å²) >= 11 is 0. The Hall–Kier alpha value is -1.60. The van der Waals surface area contributed by atoms with Crippen molar-refractivity contribution in [2.45, 2.75) is 58.2 Å². The Morgan fingerprint density at radius 3 is 2.67 bits per heavy atom. The second-order valence-corrected chi connectivity index (χ2v) is 8.10. The lowest BCUT2D eigenvalue weighted by molar-refractivity contribution is 0.107. The van der Waals surface area contributed by atoms with Gasteiger partial charge in [-0.25, -0.2) is 4.79 Å². The van der Waals surface area contributed by atoms with Crippen molar-refractivity contribution < 1.29 is 4.79 Å². The van der Waals surface area contributed by atoms with Crippen molar-refractivity contribution in [3.63, 3.8) is 0 Å². The van der Waals surface area contributed by atoms with Gasteiger partial charge in [-0.1, -0.05) is 0 Å². The fourth-order valence-corrected chi connectivity index (χ4v) is 4.21. The topological polar surface area (TPSA) is 56.6 Å². The molecule has 1 aromatic rings. The first-order valence-electron chi connectivity index (χ1n) is 10.6. The first-order chi connectivity index (χ1) is 13.1. The Kier molecular flexibility index (Phi) is 7.52. The Labute approximate surface area is 163 Å². The maximum atomic E-state index is 12.7. The molecule has 0 bridgehead atoms. The van der Waals surface area contributed by atoms with Crippen LogP contribution in [-0.2, 0) is 6.54 Å². The van der Waals surface area contributed by atoms with Gasteiger partial charge in [0.05, 0.1) is 0 Å². The Balaban J connectivity index is 1.38. The minimum Gasteiger partial charge on any atom is -0.337 e. The zero-order valence-corrected chi connectivity index (χ0v) is 17.0. The molecule has 1 N–H and O–H groups in total. The van der Waals surface area contributed by atoms with E-state index in [1.54, 1.807) is 0 Å². The summed E-state index contributed by atoms with van der Waals surface area (Å²) in [7, 11) is 0. The van der Waals surface area contributed by atoms with Crippen molar-refractivity contribution >= 4 is 6.03 Å². The zero-order chi connectivity index (χ0) is 19.1. The number of hydrogen-bond donors (Lipinski definition) is 1. The molecule has 0 saturated carbocycles. The first kappa shape index (κ1) is 20.1. The van der Waals surface area contributed by atoms with Gasteiger partial charge < -0.3 is 10.2 Å². The smallest absolute Gasteiger partial charge is 0.317 e. The van der Waals surface area contributed by atoms with Crippen molar-refractivity contribution in [3.8, 4) is 0 Å². The summed E-state index contributed by atoms with van der Waals surface area (Å²) in [6.45, 7) is 12.4. The Bertz CT molecular complexity index is 553. The fraction of sp³-hybridized carbons (Fsp3) is 0.800. The van der Waals surface area contributed by atoms with Crippen molar-refractivity contribution in [1.29, 1.82) is 0 Å². The number of urea groups is 1. The number of piperazine rings is 1. The quantitative estimate of drug-likeness (QED) is 0.789. The highest BCUT2D eigenvalue weighted by molar-refractivity contribution is 5.74. The van der Waals surface area contributed by atoms with Gasteiger partial charge in [0, 0.05) is 76.8 Å². The number of aromatic nitrogens is 2. The highest BCUT2D eigenvalue weighted by atomic mass is 16.2. The fourth-order valence-electron chi connectivity index (χ4n) is 4.21. The number of rotatable bonds is 7. The number of hydrogen-bond acceptors (Lipinski definition) is 4. The van der Waals surface area contributed by atoms with Crippen LogP contribution in [0.3, 0.4) is 0 Å². The lowest BCUT2D eigenvalue weighted by atomic mass is 10.00. The van der Waals surface area contributed by atoms with Gasteiger partial charge >= 0.3 is 6.03 Å². The summed E-state index contributed by atoms with van der Waals surface area (Å²) in [4.78, 5) is 19.8. The molecule has 1 aromatic heterocycles. The molecule has 2 amide bonds. The SMILES string of the molecule is CC(C)N1CCN(CCNC(=O)N2CCCCC2CCn2cccn2)CC1. The van der Waals surface area contributed by atoms with Crippen LogP contribution in [0.25, 0.3) is 0 Å². The molecule has 1 atom stereocenters. The molecule has 0 spiro atoms. The van der Waals surface area contributed by atoms with Gasteiger partial charge in [0.1, 0.15) is 0 Å². The molecule has 152 valence electrons. The minimum atomic E-state index is 0.112. The third kappa shape index (κ3) is 5.94. The van der Waals surface area contributed by atoms with E-state index < -0.39 is 0 Å². The van der Waals surface area contributed by atoms with E-state index in [1.165, 1.54) is 6.42 Å². The molecule has 3 rings (SSSR count). The monoisotopic (exact) mass is 376 g/mol. The standard InChI is InChI=1S/C20H36N6O/c1-18(2)24-16-14-23(15-17-24)13-9-21-20(27)26-11-4-3-6-19(26)7-12-25-10-5-8-22-25/h5,8,10,18-19H,3-4,6-7,9,11-17H2,1-2H3,(H,21,27). The molecule has 2 saturated heterocycles. The van der Waals surface area contributed by atoms with Crippen molar-refractivity contribution in [2.24, 2.45) is 0 Å². The van der Waals surface area contributed by atoms with E-state index in [1.807, 2.05) is 23.1 Å². The summed E-state index contributed by atoms with van der Waals surface area (Å²) in [5, 5.41) is 7.44. The lowest BCUT2D eigenvalue weighted by Gasteiger charge is -2.38. The molecule has 1 unspecified atom stereocenters. The van der Waals surface area contributed by atoms with E-state index in [9.17, 15) is 4.79 Å². The zero-order valence-electron chi connectivity index (χ0n) is 17.0. The van der Waals surface area contributed by atoms with Crippen LogP contribution in [0.1, 0.15) is 39.5 Å². The van der Waals surface area contributed by atoms with Crippen molar-refractivity contribution in [2.75, 3.05) is 45.8 Å². The van der Waals surface area contributed by atoms with Crippen LogP contribution in [0, 0.1) is 0 Å². The average Bonchev–Trinajstić information content (AvgIpc) is 3.20. The molecule has 0 aliphatic carbocycles. The molecule has 0 radical (unpaired) electrons. The van der Waals surface area contributed by atoms with Crippen LogP contribution in [0.5, 0.6) is 0 Å². The third-order valence-corrected chi connectivity index (χ3v) is 5.98. The molecule has 7 heteroatoms. The highest BCUT2D eigenvalue weighted by Gasteiger charge is 2.26. The number of nitrogens with zero attached hydrogens (tertiary/aromatic N) is 5. The van der Waals surface area contributed by atoms with Crippen LogP contribution in [-0.4, -0.2) is 88.4 Å². The summed E-state index contributed by atoms with van der Waals surface area (Å²) in [6.07, 6.45) is 8.22. The molecule has 2 aliphatic heterocycles. The van der Waals surface area contributed by atoms with E-state index in [0.29, 0.717) is 12.1 Å². The molecular weight excluding hydrogens is 340 g/mol. The number of carbonyl (C=O) groups is 1. The third-order valence-electron chi connectivity index (χ3n) is 5.98. The minimum absolute atomic E-state index is 0.112. The number of carbonyl (C=O) groups excluding carboxylic acids is 1. The average molecular weight is 377 g/mol. The van der Waals surface area contributed by atoms with Crippen LogP contribution in [0.4, 0.5) is 4.79 Å². The van der Waals surface area contributed by atoms with Crippen molar-refractivity contribution in [1.82, 2.24) is 29.8 Å². The van der Waals surface area contributed by atoms with Crippen LogP contribution in [0.2, 0.25) is 0 Å². The van der Waals surface area contributed by atoms with Gasteiger partial charge in [0.25, 0.3) is 0 Å². The first-order valence-corrected chi connectivity index (χ1v) is 10.6. The maximum Gasteiger partial charge on any atom is 0.317 e. The van der Waals surface area contributed by atoms with Gasteiger partial charge in [-0.2, -0.15) is 5.10 Å². The number of aryl methyl sites for hydroxylation is 1. The second kappa shape index (κ2) is 10.1. The van der Waals surface area contributed by atoms with Gasteiger partial charge in [0.15, 0.2) is 0 Å². The number of piperidine rings is 1. The van der Waals surface area contributed by atoms with E-state index in [-0.39, 0.29) is 6.03 Å². The molecule has 2 fully saturated rings. The molecule has 7 nitrogen and oxygen atoms in total.